The highest BCUT2D eigenvalue weighted by Crippen LogP contribution is 2.18. The van der Waals surface area contributed by atoms with Crippen molar-refractivity contribution in [2.24, 2.45) is 10.8 Å². The monoisotopic (exact) mass is 392 g/mol. The van der Waals surface area contributed by atoms with E-state index in [-0.39, 0.29) is 12.5 Å². The molecule has 0 aromatic heterocycles. The standard InChI is InChI=1S/C23H28N4O2/c24-27-14-13-25-23(27)19-9-5-17(6-10-19)15-18-7-11-21(12-8-18)29-16-22(28)26-20-3-1-2-4-20/h5-12,20H,1-4,13-16,24H2,(H,26,28). The molecule has 6 nitrogen and oxygen atoms in total. The molecule has 4 rings (SSSR count). The fraction of sp³-hybridized carbons (Fsp3) is 0.391. The summed E-state index contributed by atoms with van der Waals surface area (Å²) < 4.78 is 5.62. The lowest BCUT2D eigenvalue weighted by atomic mass is 10.0. The number of aliphatic imine (C=N–C) groups is 1. The van der Waals surface area contributed by atoms with E-state index in [2.05, 4.69) is 34.6 Å². The number of nitrogens with two attached hydrogens (primary N) is 1. The van der Waals surface area contributed by atoms with Crippen LogP contribution >= 0.6 is 0 Å². The summed E-state index contributed by atoms with van der Waals surface area (Å²) in [7, 11) is 0. The van der Waals surface area contributed by atoms with Crippen molar-refractivity contribution >= 4 is 11.7 Å². The van der Waals surface area contributed by atoms with Crippen molar-refractivity contribution in [3.05, 3.63) is 65.2 Å². The van der Waals surface area contributed by atoms with E-state index in [1.165, 1.54) is 24.0 Å². The normalized spacial score (nSPS) is 16.7. The van der Waals surface area contributed by atoms with Crippen molar-refractivity contribution in [3.8, 4) is 5.75 Å². The van der Waals surface area contributed by atoms with Gasteiger partial charge in [0.05, 0.1) is 13.1 Å². The summed E-state index contributed by atoms with van der Waals surface area (Å²) in [6, 6.07) is 16.6. The van der Waals surface area contributed by atoms with E-state index in [0.717, 1.165) is 43.8 Å². The van der Waals surface area contributed by atoms with Crippen molar-refractivity contribution in [2.45, 2.75) is 38.1 Å². The number of ether oxygens (including phenoxy) is 1. The van der Waals surface area contributed by atoms with Crippen molar-refractivity contribution < 1.29 is 9.53 Å². The lowest BCUT2D eigenvalue weighted by Gasteiger charge is -2.13. The van der Waals surface area contributed by atoms with Crippen LogP contribution < -0.4 is 15.9 Å². The predicted octanol–water partition coefficient (Wildman–Crippen LogP) is 2.65. The number of nitrogens with zero attached hydrogens (tertiary/aromatic N) is 2. The molecule has 2 aromatic rings. The number of hydrogen-bond acceptors (Lipinski definition) is 5. The van der Waals surface area contributed by atoms with Crippen LogP contribution in [0.5, 0.6) is 5.75 Å². The van der Waals surface area contributed by atoms with Crippen LogP contribution in [0.3, 0.4) is 0 Å². The molecule has 0 unspecified atom stereocenters. The number of benzene rings is 2. The van der Waals surface area contributed by atoms with Gasteiger partial charge in [0.25, 0.3) is 5.91 Å². The number of carbonyl (C=O) groups is 1. The third kappa shape index (κ3) is 5.15. The van der Waals surface area contributed by atoms with Gasteiger partial charge in [0.2, 0.25) is 0 Å². The highest BCUT2D eigenvalue weighted by Gasteiger charge is 2.17. The smallest absolute Gasteiger partial charge is 0.258 e. The first-order valence-electron chi connectivity index (χ1n) is 10.3. The molecule has 1 heterocycles. The first-order valence-corrected chi connectivity index (χ1v) is 10.3. The Hall–Kier alpha value is -2.86. The fourth-order valence-corrected chi connectivity index (χ4v) is 3.92. The second kappa shape index (κ2) is 9.09. The van der Waals surface area contributed by atoms with Gasteiger partial charge in [0.1, 0.15) is 11.6 Å². The zero-order valence-corrected chi connectivity index (χ0v) is 16.6. The Morgan fingerprint density at radius 3 is 2.34 bits per heavy atom. The van der Waals surface area contributed by atoms with Gasteiger partial charge in [-0.1, -0.05) is 49.2 Å². The van der Waals surface area contributed by atoms with Crippen LogP contribution in [-0.2, 0) is 11.2 Å². The second-order valence-electron chi connectivity index (χ2n) is 7.75. The van der Waals surface area contributed by atoms with Crippen molar-refractivity contribution in [1.29, 1.82) is 0 Å². The summed E-state index contributed by atoms with van der Waals surface area (Å²) in [5.41, 5.74) is 3.47. The van der Waals surface area contributed by atoms with Crippen LogP contribution in [0.1, 0.15) is 42.4 Å². The van der Waals surface area contributed by atoms with Crippen molar-refractivity contribution in [1.82, 2.24) is 10.3 Å². The van der Waals surface area contributed by atoms with Gasteiger partial charge in [-0.05, 0) is 42.5 Å². The van der Waals surface area contributed by atoms with Gasteiger partial charge in [0.15, 0.2) is 6.61 Å². The lowest BCUT2D eigenvalue weighted by molar-refractivity contribution is -0.123. The maximum Gasteiger partial charge on any atom is 0.258 e. The molecule has 2 aromatic carbocycles. The van der Waals surface area contributed by atoms with Gasteiger partial charge in [-0.15, -0.1) is 0 Å². The van der Waals surface area contributed by atoms with E-state index in [4.69, 9.17) is 10.6 Å². The number of hydrazine groups is 1. The molecule has 0 saturated heterocycles. The Morgan fingerprint density at radius 1 is 1.07 bits per heavy atom. The highest BCUT2D eigenvalue weighted by atomic mass is 16.5. The maximum atomic E-state index is 12.0. The van der Waals surface area contributed by atoms with Gasteiger partial charge in [0, 0.05) is 11.6 Å². The van der Waals surface area contributed by atoms with Gasteiger partial charge in [-0.25, -0.2) is 5.84 Å². The van der Waals surface area contributed by atoms with E-state index in [1.54, 1.807) is 5.01 Å². The second-order valence-corrected chi connectivity index (χ2v) is 7.75. The Kier molecular flexibility index (Phi) is 6.10. The fourth-order valence-electron chi connectivity index (χ4n) is 3.92. The number of hydrogen-bond donors (Lipinski definition) is 2. The molecule has 6 heteroatoms. The topological polar surface area (TPSA) is 79.9 Å². The number of carbonyl (C=O) groups excluding carboxylic acids is 1. The van der Waals surface area contributed by atoms with Gasteiger partial charge < -0.3 is 10.1 Å². The minimum absolute atomic E-state index is 0.0380. The largest absolute Gasteiger partial charge is 0.484 e. The number of rotatable bonds is 7. The number of amides is 1. The highest BCUT2D eigenvalue weighted by molar-refractivity contribution is 5.99. The minimum Gasteiger partial charge on any atom is -0.484 e. The molecule has 152 valence electrons. The maximum absolute atomic E-state index is 12.0. The number of nitrogens with one attached hydrogen (secondary N) is 1. The molecule has 3 N–H and O–H groups in total. The van der Waals surface area contributed by atoms with E-state index in [1.807, 2.05) is 24.3 Å². The first kappa shape index (κ1) is 19.5. The molecule has 1 saturated carbocycles. The molecular formula is C23H28N4O2. The molecule has 0 bridgehead atoms. The summed E-state index contributed by atoms with van der Waals surface area (Å²) >= 11 is 0. The van der Waals surface area contributed by atoms with Gasteiger partial charge >= 0.3 is 0 Å². The zero-order chi connectivity index (χ0) is 20.1. The summed E-state index contributed by atoms with van der Waals surface area (Å²) in [5.74, 6) is 7.47. The van der Waals surface area contributed by atoms with Crippen LogP contribution in [0, 0.1) is 0 Å². The SMILES string of the molecule is NN1CCN=C1c1ccc(Cc2ccc(OCC(=O)NC3CCCC3)cc2)cc1. The molecule has 1 aliphatic heterocycles. The molecule has 1 aliphatic carbocycles. The molecule has 0 atom stereocenters. The van der Waals surface area contributed by atoms with Crippen LogP contribution in [0.2, 0.25) is 0 Å². The summed E-state index contributed by atoms with van der Waals surface area (Å²) in [6.45, 7) is 1.59. The molecular weight excluding hydrogens is 364 g/mol. The molecule has 2 aliphatic rings. The van der Waals surface area contributed by atoms with E-state index in [9.17, 15) is 4.79 Å². The molecule has 1 fully saturated rings. The Bertz CT molecular complexity index is 855. The van der Waals surface area contributed by atoms with Crippen molar-refractivity contribution in [3.63, 3.8) is 0 Å². The quantitative estimate of drug-likeness (QED) is 0.710. The molecule has 1 amide bonds. The van der Waals surface area contributed by atoms with E-state index >= 15 is 0 Å². The van der Waals surface area contributed by atoms with Gasteiger partial charge in [-0.2, -0.15) is 0 Å². The van der Waals surface area contributed by atoms with Crippen LogP contribution in [0.25, 0.3) is 0 Å². The lowest BCUT2D eigenvalue weighted by Crippen LogP contribution is -2.36. The first-order chi connectivity index (χ1) is 14.2. The Morgan fingerprint density at radius 2 is 1.72 bits per heavy atom. The third-order valence-electron chi connectivity index (χ3n) is 5.51. The van der Waals surface area contributed by atoms with E-state index in [0.29, 0.717) is 11.8 Å². The summed E-state index contributed by atoms with van der Waals surface area (Å²) in [4.78, 5) is 16.4. The minimum atomic E-state index is -0.0380. The van der Waals surface area contributed by atoms with E-state index < -0.39 is 0 Å². The Labute approximate surface area is 171 Å². The van der Waals surface area contributed by atoms with Crippen LogP contribution in [0.4, 0.5) is 0 Å². The van der Waals surface area contributed by atoms with Crippen LogP contribution in [-0.4, -0.2) is 42.5 Å². The zero-order valence-electron chi connectivity index (χ0n) is 16.6. The summed E-state index contributed by atoms with van der Waals surface area (Å²) in [5, 5.41) is 4.73. The average Bonchev–Trinajstić information content (AvgIpc) is 3.40. The molecule has 0 radical (unpaired) electrons. The average molecular weight is 393 g/mol. The Balaban J connectivity index is 1.27. The number of amidine groups is 1. The summed E-state index contributed by atoms with van der Waals surface area (Å²) in [6.07, 6.45) is 5.41. The van der Waals surface area contributed by atoms with Crippen molar-refractivity contribution in [2.75, 3.05) is 19.7 Å². The van der Waals surface area contributed by atoms with Crippen LogP contribution in [0.15, 0.2) is 53.5 Å². The third-order valence-corrected chi connectivity index (χ3v) is 5.51. The molecule has 0 spiro atoms. The predicted molar refractivity (Wildman–Crippen MR) is 114 cm³/mol. The van der Waals surface area contributed by atoms with Gasteiger partial charge in [-0.3, -0.25) is 14.8 Å². The molecule has 29 heavy (non-hydrogen) atoms.